The predicted octanol–water partition coefficient (Wildman–Crippen LogP) is 2.29. The van der Waals surface area contributed by atoms with Gasteiger partial charge < -0.3 is 14.9 Å². The van der Waals surface area contributed by atoms with E-state index < -0.39 is 0 Å². The number of rotatable bonds is 8. The number of benzene rings is 1. The van der Waals surface area contributed by atoms with Crippen molar-refractivity contribution < 1.29 is 4.79 Å². The minimum absolute atomic E-state index is 0.206. The number of amides is 1. The second-order valence-electron chi connectivity index (χ2n) is 7.26. The van der Waals surface area contributed by atoms with Crippen molar-refractivity contribution in [1.82, 2.24) is 29.9 Å². The maximum atomic E-state index is 12.9. The van der Waals surface area contributed by atoms with E-state index in [1.54, 1.807) is 34.8 Å². The molecule has 30 heavy (non-hydrogen) atoms. The maximum absolute atomic E-state index is 12.9. The largest absolute Gasteiger partial charge is 0.361 e. The number of H-pyrrole nitrogens is 1. The van der Waals surface area contributed by atoms with Gasteiger partial charge in [-0.05, 0) is 43.0 Å². The fourth-order valence-corrected chi connectivity index (χ4v) is 3.58. The first-order valence-electron chi connectivity index (χ1n) is 10.0. The van der Waals surface area contributed by atoms with Crippen LogP contribution in [0.3, 0.4) is 0 Å². The maximum Gasteiger partial charge on any atom is 0.263 e. The van der Waals surface area contributed by atoms with Gasteiger partial charge in [0, 0.05) is 49.1 Å². The summed E-state index contributed by atoms with van der Waals surface area (Å²) in [6.45, 7) is 3.41. The summed E-state index contributed by atoms with van der Waals surface area (Å²) >= 11 is 0. The number of carbonyl (C=O) groups excluding carboxylic acids is 1. The Morgan fingerprint density at radius 1 is 1.17 bits per heavy atom. The zero-order valence-electron chi connectivity index (χ0n) is 16.8. The summed E-state index contributed by atoms with van der Waals surface area (Å²) in [6, 6.07) is 9.91. The molecular weight excluding hydrogens is 380 g/mol. The number of hydrogen-bond acceptors (Lipinski definition) is 4. The highest BCUT2D eigenvalue weighted by atomic mass is 16.2. The third kappa shape index (κ3) is 4.17. The van der Waals surface area contributed by atoms with Gasteiger partial charge in [-0.2, -0.15) is 0 Å². The van der Waals surface area contributed by atoms with Crippen molar-refractivity contribution in [3.8, 4) is 0 Å². The van der Waals surface area contributed by atoms with Crippen LogP contribution in [-0.4, -0.2) is 37.0 Å². The molecule has 0 aliphatic carbocycles. The molecule has 0 saturated carbocycles. The highest BCUT2D eigenvalue weighted by Gasteiger charge is 2.15. The van der Waals surface area contributed by atoms with Gasteiger partial charge in [-0.25, -0.2) is 0 Å². The van der Waals surface area contributed by atoms with E-state index in [1.807, 2.05) is 30.5 Å². The van der Waals surface area contributed by atoms with Crippen molar-refractivity contribution in [1.29, 1.82) is 0 Å². The van der Waals surface area contributed by atoms with E-state index in [0.717, 1.165) is 16.5 Å². The van der Waals surface area contributed by atoms with Gasteiger partial charge in [0.05, 0.1) is 6.20 Å². The number of hydrogen-bond donors (Lipinski definition) is 2. The van der Waals surface area contributed by atoms with Gasteiger partial charge in [0.1, 0.15) is 5.56 Å². The Morgan fingerprint density at radius 3 is 2.87 bits per heavy atom. The monoisotopic (exact) mass is 404 g/mol. The SMILES string of the molecule is Cc1ccn(CCc2c[nH]c3ccccc23)c(=O)c1C(=O)NCCCn1ccnn1. The van der Waals surface area contributed by atoms with Crippen molar-refractivity contribution in [2.24, 2.45) is 0 Å². The average molecular weight is 404 g/mol. The highest BCUT2D eigenvalue weighted by molar-refractivity contribution is 5.95. The second kappa shape index (κ2) is 8.77. The Labute approximate surface area is 173 Å². The molecule has 154 valence electrons. The molecular formula is C22H24N6O2. The molecule has 1 amide bonds. The van der Waals surface area contributed by atoms with Crippen LogP contribution in [0.2, 0.25) is 0 Å². The standard InChI is InChI=1S/C22H24N6O2/c1-16-7-12-27(13-8-17-15-24-19-6-3-2-5-18(17)19)22(30)20(16)21(29)23-9-4-11-28-14-10-25-26-28/h2-3,5-7,10,12,14-15,24H,4,8-9,11,13H2,1H3,(H,23,29). The third-order valence-corrected chi connectivity index (χ3v) is 5.22. The molecule has 4 aromatic rings. The summed E-state index contributed by atoms with van der Waals surface area (Å²) < 4.78 is 3.32. The van der Waals surface area contributed by atoms with Crippen LogP contribution in [0, 0.1) is 6.92 Å². The lowest BCUT2D eigenvalue weighted by atomic mass is 10.1. The lowest BCUT2D eigenvalue weighted by molar-refractivity contribution is 0.0950. The minimum Gasteiger partial charge on any atom is -0.361 e. The molecule has 2 N–H and O–H groups in total. The van der Waals surface area contributed by atoms with E-state index in [4.69, 9.17) is 0 Å². The van der Waals surface area contributed by atoms with Gasteiger partial charge in [0.15, 0.2) is 0 Å². The summed E-state index contributed by atoms with van der Waals surface area (Å²) in [4.78, 5) is 28.8. The minimum atomic E-state index is -0.336. The number of aryl methyl sites for hydroxylation is 4. The van der Waals surface area contributed by atoms with E-state index in [0.29, 0.717) is 38.0 Å². The van der Waals surface area contributed by atoms with Gasteiger partial charge in [-0.3, -0.25) is 14.3 Å². The number of nitrogens with zero attached hydrogens (tertiary/aromatic N) is 4. The Morgan fingerprint density at radius 2 is 2.03 bits per heavy atom. The zero-order chi connectivity index (χ0) is 20.9. The van der Waals surface area contributed by atoms with Crippen molar-refractivity contribution in [2.45, 2.75) is 32.9 Å². The van der Waals surface area contributed by atoms with E-state index in [-0.39, 0.29) is 17.0 Å². The van der Waals surface area contributed by atoms with Crippen molar-refractivity contribution >= 4 is 16.8 Å². The molecule has 0 radical (unpaired) electrons. The Balaban J connectivity index is 1.42. The molecule has 1 aromatic carbocycles. The molecule has 3 aromatic heterocycles. The van der Waals surface area contributed by atoms with E-state index in [2.05, 4.69) is 26.7 Å². The fraction of sp³-hybridized carbons (Fsp3) is 0.273. The van der Waals surface area contributed by atoms with E-state index in [1.165, 1.54) is 0 Å². The number of pyridine rings is 1. The van der Waals surface area contributed by atoms with Gasteiger partial charge in [0.25, 0.3) is 11.5 Å². The van der Waals surface area contributed by atoms with Crippen LogP contribution in [0.4, 0.5) is 0 Å². The molecule has 0 atom stereocenters. The molecule has 0 saturated heterocycles. The predicted molar refractivity (Wildman–Crippen MR) is 114 cm³/mol. The average Bonchev–Trinajstić information content (AvgIpc) is 3.41. The zero-order valence-corrected chi connectivity index (χ0v) is 16.8. The van der Waals surface area contributed by atoms with Crippen LogP contribution in [0.15, 0.2) is 59.9 Å². The first-order valence-corrected chi connectivity index (χ1v) is 10.0. The van der Waals surface area contributed by atoms with Crippen LogP contribution in [0.25, 0.3) is 10.9 Å². The lowest BCUT2D eigenvalue weighted by Crippen LogP contribution is -2.35. The first kappa shape index (κ1) is 19.6. The topological polar surface area (TPSA) is 97.6 Å². The van der Waals surface area contributed by atoms with Gasteiger partial charge in [-0.1, -0.05) is 23.4 Å². The van der Waals surface area contributed by atoms with Crippen LogP contribution in [0.1, 0.15) is 27.9 Å². The second-order valence-corrected chi connectivity index (χ2v) is 7.26. The Kier molecular flexibility index (Phi) is 5.74. The summed E-state index contributed by atoms with van der Waals surface area (Å²) in [5, 5.41) is 11.6. The van der Waals surface area contributed by atoms with Crippen molar-refractivity contribution in [3.63, 3.8) is 0 Å². The highest BCUT2D eigenvalue weighted by Crippen LogP contribution is 2.18. The normalized spacial score (nSPS) is 11.1. The van der Waals surface area contributed by atoms with Crippen molar-refractivity contribution in [3.05, 3.63) is 82.2 Å². The molecule has 0 bridgehead atoms. The van der Waals surface area contributed by atoms with Gasteiger partial charge >= 0.3 is 0 Å². The summed E-state index contributed by atoms with van der Waals surface area (Å²) in [5.41, 5.74) is 2.85. The number of carbonyl (C=O) groups is 1. The first-order chi connectivity index (χ1) is 14.6. The molecule has 0 unspecified atom stereocenters. The summed E-state index contributed by atoms with van der Waals surface area (Å²) in [7, 11) is 0. The van der Waals surface area contributed by atoms with Crippen molar-refractivity contribution in [2.75, 3.05) is 6.54 Å². The number of para-hydroxylation sites is 1. The van der Waals surface area contributed by atoms with Crippen LogP contribution in [-0.2, 0) is 19.5 Å². The molecule has 0 aliphatic rings. The van der Waals surface area contributed by atoms with E-state index in [9.17, 15) is 9.59 Å². The molecule has 8 heteroatoms. The van der Waals surface area contributed by atoms with Crippen LogP contribution < -0.4 is 10.9 Å². The molecule has 8 nitrogen and oxygen atoms in total. The quantitative estimate of drug-likeness (QED) is 0.440. The molecule has 0 fully saturated rings. The smallest absolute Gasteiger partial charge is 0.263 e. The number of fused-ring (bicyclic) bond motifs is 1. The number of aromatic amines is 1. The fourth-order valence-electron chi connectivity index (χ4n) is 3.58. The Hall–Kier alpha value is -3.68. The Bertz CT molecular complexity index is 1210. The van der Waals surface area contributed by atoms with Gasteiger partial charge in [-0.15, -0.1) is 5.10 Å². The van der Waals surface area contributed by atoms with Crippen LogP contribution in [0.5, 0.6) is 0 Å². The summed E-state index contributed by atoms with van der Waals surface area (Å²) in [5.74, 6) is -0.336. The number of nitrogens with one attached hydrogen (secondary N) is 2. The number of aromatic nitrogens is 5. The molecule has 0 aliphatic heterocycles. The molecule has 3 heterocycles. The summed E-state index contributed by atoms with van der Waals surface area (Å²) in [6.07, 6.45) is 8.53. The third-order valence-electron chi connectivity index (χ3n) is 5.22. The lowest BCUT2D eigenvalue weighted by Gasteiger charge is -2.11. The van der Waals surface area contributed by atoms with E-state index >= 15 is 0 Å². The molecule has 4 rings (SSSR count). The molecule has 0 spiro atoms. The van der Waals surface area contributed by atoms with Gasteiger partial charge in [0.2, 0.25) is 0 Å². The van der Waals surface area contributed by atoms with Crippen LogP contribution >= 0.6 is 0 Å².